The van der Waals surface area contributed by atoms with Gasteiger partial charge in [-0.2, -0.15) is 5.10 Å². The van der Waals surface area contributed by atoms with Crippen molar-refractivity contribution in [1.82, 2.24) is 29.3 Å². The van der Waals surface area contributed by atoms with Crippen LogP contribution in [0.4, 0.5) is 5.95 Å². The summed E-state index contributed by atoms with van der Waals surface area (Å²) in [6.07, 6.45) is 8.69. The van der Waals surface area contributed by atoms with Crippen molar-refractivity contribution in [3.05, 3.63) is 30.4 Å². The van der Waals surface area contributed by atoms with E-state index >= 15 is 0 Å². The molecule has 12 heteroatoms. The van der Waals surface area contributed by atoms with Crippen LogP contribution in [0.25, 0.3) is 16.6 Å². The summed E-state index contributed by atoms with van der Waals surface area (Å²) in [5, 5.41) is 23.0. The number of aliphatic hydroxyl groups is 1. The van der Waals surface area contributed by atoms with Gasteiger partial charge in [-0.15, -0.1) is 5.10 Å². The molecule has 12 nitrogen and oxygen atoms in total. The Bertz CT molecular complexity index is 1390. The highest BCUT2D eigenvalue weighted by atomic mass is 16.6. The number of aliphatic hydroxyl groups excluding tert-OH is 1. The third-order valence-electron chi connectivity index (χ3n) is 8.71. The van der Waals surface area contributed by atoms with Gasteiger partial charge >= 0.3 is 0 Å². The van der Waals surface area contributed by atoms with Crippen LogP contribution in [0.1, 0.15) is 58.1 Å². The van der Waals surface area contributed by atoms with Crippen LogP contribution in [0.2, 0.25) is 0 Å². The first-order chi connectivity index (χ1) is 19.7. The molecule has 2 saturated heterocycles. The van der Waals surface area contributed by atoms with Crippen LogP contribution in [0.15, 0.2) is 24.7 Å². The van der Waals surface area contributed by atoms with Crippen molar-refractivity contribution in [3.63, 3.8) is 0 Å². The zero-order valence-electron chi connectivity index (χ0n) is 24.4. The van der Waals surface area contributed by atoms with Gasteiger partial charge in [-0.1, -0.05) is 0 Å². The minimum absolute atomic E-state index is 0.00847. The molecule has 3 fully saturated rings. The highest BCUT2D eigenvalue weighted by Gasteiger charge is 2.47. The fourth-order valence-corrected chi connectivity index (χ4v) is 6.26. The number of amides is 1. The Morgan fingerprint density at radius 3 is 2.76 bits per heavy atom. The summed E-state index contributed by atoms with van der Waals surface area (Å²) < 4.78 is 20.3. The molecule has 1 spiro atoms. The Labute approximate surface area is 240 Å². The Morgan fingerprint density at radius 2 is 2.05 bits per heavy atom. The van der Waals surface area contributed by atoms with E-state index in [0.29, 0.717) is 45.5 Å². The van der Waals surface area contributed by atoms with Crippen LogP contribution >= 0.6 is 0 Å². The van der Waals surface area contributed by atoms with Gasteiger partial charge in [0.25, 0.3) is 0 Å². The van der Waals surface area contributed by atoms with Gasteiger partial charge in [0, 0.05) is 48.6 Å². The van der Waals surface area contributed by atoms with Crippen LogP contribution in [0.3, 0.4) is 0 Å². The van der Waals surface area contributed by atoms with Crippen molar-refractivity contribution < 1.29 is 24.1 Å². The zero-order valence-corrected chi connectivity index (χ0v) is 24.4. The fraction of sp³-hybridized carbons (Fsp3) is 0.655. The highest BCUT2D eigenvalue weighted by molar-refractivity contribution is 5.85. The van der Waals surface area contributed by atoms with Gasteiger partial charge in [-0.3, -0.25) is 9.48 Å². The highest BCUT2D eigenvalue weighted by Crippen LogP contribution is 2.38. The van der Waals surface area contributed by atoms with E-state index in [2.05, 4.69) is 21.5 Å². The first kappa shape index (κ1) is 28.1. The number of ether oxygens (including phenoxy) is 3. The van der Waals surface area contributed by atoms with Gasteiger partial charge in [-0.05, 0) is 52.5 Å². The van der Waals surface area contributed by atoms with Crippen LogP contribution in [-0.2, 0) is 24.5 Å². The number of methoxy groups -OCH3 is 1. The molecule has 0 unspecified atom stereocenters. The van der Waals surface area contributed by atoms with Gasteiger partial charge in [0.2, 0.25) is 11.9 Å². The van der Waals surface area contributed by atoms with Gasteiger partial charge in [0.05, 0.1) is 57.0 Å². The second-order valence-corrected chi connectivity index (χ2v) is 12.4. The molecule has 3 aliphatic rings. The molecule has 6 rings (SSSR count). The number of anilines is 1. The predicted octanol–water partition coefficient (Wildman–Crippen LogP) is 2.42. The van der Waals surface area contributed by atoms with Crippen LogP contribution in [-0.4, -0.2) is 105 Å². The molecular weight excluding hydrogens is 526 g/mol. The van der Waals surface area contributed by atoms with E-state index in [1.54, 1.807) is 11.8 Å². The molecule has 1 aliphatic carbocycles. The Kier molecular flexibility index (Phi) is 7.52. The lowest BCUT2D eigenvalue weighted by molar-refractivity contribution is -0.238. The first-order valence-corrected chi connectivity index (χ1v) is 14.6. The second-order valence-electron chi connectivity index (χ2n) is 12.4. The molecule has 3 aromatic heterocycles. The number of hydrogen-bond acceptors (Lipinski definition) is 9. The number of carbonyl (C=O) groups is 1. The molecule has 0 bridgehead atoms. The number of aromatic nitrogens is 5. The number of morpholine rings is 1. The van der Waals surface area contributed by atoms with Gasteiger partial charge in [-0.25, -0.2) is 9.50 Å². The van der Waals surface area contributed by atoms with E-state index in [1.807, 2.05) is 48.8 Å². The summed E-state index contributed by atoms with van der Waals surface area (Å²) in [6, 6.07) is 2.23. The van der Waals surface area contributed by atoms with E-state index in [4.69, 9.17) is 19.3 Å². The maximum atomic E-state index is 13.7. The lowest BCUT2D eigenvalue weighted by atomic mass is 9.85. The molecule has 3 aromatic rings. The molecule has 1 atom stereocenters. The van der Waals surface area contributed by atoms with E-state index in [0.717, 1.165) is 48.0 Å². The second kappa shape index (κ2) is 11.0. The van der Waals surface area contributed by atoms with E-state index in [-0.39, 0.29) is 29.6 Å². The van der Waals surface area contributed by atoms with Crippen molar-refractivity contribution in [2.45, 2.75) is 75.7 Å². The summed E-state index contributed by atoms with van der Waals surface area (Å²) >= 11 is 0. The van der Waals surface area contributed by atoms with Crippen molar-refractivity contribution in [3.8, 4) is 11.1 Å². The van der Waals surface area contributed by atoms with Crippen molar-refractivity contribution in [1.29, 1.82) is 0 Å². The Morgan fingerprint density at radius 1 is 1.27 bits per heavy atom. The van der Waals surface area contributed by atoms with Crippen LogP contribution < -0.4 is 5.32 Å². The monoisotopic (exact) mass is 567 g/mol. The summed E-state index contributed by atoms with van der Waals surface area (Å²) in [6.45, 7) is 9.02. The number of carbonyl (C=O) groups excluding carboxylic acids is 1. The maximum Gasteiger partial charge on any atom is 0.250 e. The Hall–Kier alpha value is -3.06. The minimum atomic E-state index is -0.885. The molecule has 1 amide bonds. The number of rotatable bonds is 8. The van der Waals surface area contributed by atoms with E-state index in [9.17, 15) is 9.90 Å². The van der Waals surface area contributed by atoms with E-state index < -0.39 is 5.54 Å². The molecular formula is C29H41N7O5. The van der Waals surface area contributed by atoms with Crippen LogP contribution in [0, 0.1) is 0 Å². The molecule has 5 heterocycles. The van der Waals surface area contributed by atoms with E-state index in [1.165, 1.54) is 0 Å². The summed E-state index contributed by atoms with van der Waals surface area (Å²) in [5.74, 6) is 0.814. The third-order valence-corrected chi connectivity index (χ3v) is 8.71. The molecule has 41 heavy (non-hydrogen) atoms. The maximum absolute atomic E-state index is 13.7. The molecule has 0 aromatic carbocycles. The Balaban J connectivity index is 1.31. The average molecular weight is 568 g/mol. The standard InChI is InChI=1S/C29H41N7O5/c1-19(15-39-4)32-27-30-13-25-23(11-24(36(25)33-27)20-5-7-22(37)8-6-20)21-12-31-35(14-21)28(2,3)26(38)34-9-10-41-29(16-34)17-40-18-29/h11-14,19-20,22,37H,5-10,15-18H2,1-4H3,(H,32,33)/t19-,20?,22?/m0/s1. The van der Waals surface area contributed by atoms with Gasteiger partial charge < -0.3 is 29.5 Å². The zero-order chi connectivity index (χ0) is 28.8. The largest absolute Gasteiger partial charge is 0.393 e. The smallest absolute Gasteiger partial charge is 0.250 e. The number of fused-ring (bicyclic) bond motifs is 1. The van der Waals surface area contributed by atoms with Crippen molar-refractivity contribution >= 4 is 17.4 Å². The van der Waals surface area contributed by atoms with Gasteiger partial charge in [0.1, 0.15) is 11.1 Å². The lowest BCUT2D eigenvalue weighted by Gasteiger charge is -2.48. The summed E-state index contributed by atoms with van der Waals surface area (Å²) in [5.41, 5.74) is 2.58. The normalized spacial score (nSPS) is 23.5. The summed E-state index contributed by atoms with van der Waals surface area (Å²) in [7, 11) is 1.67. The number of nitrogens with one attached hydrogen (secondary N) is 1. The minimum Gasteiger partial charge on any atom is -0.393 e. The predicted molar refractivity (Wildman–Crippen MR) is 152 cm³/mol. The van der Waals surface area contributed by atoms with Crippen LogP contribution in [0.5, 0.6) is 0 Å². The molecule has 222 valence electrons. The third kappa shape index (κ3) is 5.33. The quantitative estimate of drug-likeness (QED) is 0.422. The van der Waals surface area contributed by atoms with Crippen molar-refractivity contribution in [2.24, 2.45) is 0 Å². The van der Waals surface area contributed by atoms with Crippen molar-refractivity contribution in [2.75, 3.05) is 51.9 Å². The molecule has 1 saturated carbocycles. The fourth-order valence-electron chi connectivity index (χ4n) is 6.26. The number of nitrogens with zero attached hydrogens (tertiary/aromatic N) is 6. The SMILES string of the molecule is COC[C@H](C)Nc1ncc2c(-c3cnn(C(C)(C)C(=O)N4CCOC5(COC5)C4)c3)cc(C3CCC(O)CC3)n2n1. The molecule has 2 aliphatic heterocycles. The first-order valence-electron chi connectivity index (χ1n) is 14.6. The lowest BCUT2D eigenvalue weighted by Crippen LogP contribution is -2.65. The number of hydrogen-bond donors (Lipinski definition) is 2. The molecule has 2 N–H and O–H groups in total. The topological polar surface area (TPSA) is 128 Å². The average Bonchev–Trinajstić information content (AvgIpc) is 3.58. The molecule has 0 radical (unpaired) electrons. The summed E-state index contributed by atoms with van der Waals surface area (Å²) in [4.78, 5) is 20.2. The van der Waals surface area contributed by atoms with Gasteiger partial charge in [0.15, 0.2) is 0 Å².